The summed E-state index contributed by atoms with van der Waals surface area (Å²) in [5, 5.41) is 11.4. The summed E-state index contributed by atoms with van der Waals surface area (Å²) in [6.45, 7) is 0. The molecule has 7 heteroatoms. The van der Waals surface area contributed by atoms with Crippen LogP contribution in [0.4, 0.5) is 10.1 Å². The van der Waals surface area contributed by atoms with Gasteiger partial charge in [-0.3, -0.25) is 4.79 Å². The van der Waals surface area contributed by atoms with Crippen LogP contribution >= 0.6 is 15.9 Å². The summed E-state index contributed by atoms with van der Waals surface area (Å²) in [7, 11) is 0. The van der Waals surface area contributed by atoms with Crippen LogP contribution in [0.1, 0.15) is 20.8 Å². The Hall–Kier alpha value is -2.28. The van der Waals surface area contributed by atoms with Gasteiger partial charge in [0.25, 0.3) is 5.91 Å². The predicted octanol–water partition coefficient (Wildman–Crippen LogP) is 2.93. The summed E-state index contributed by atoms with van der Waals surface area (Å²) in [5.74, 6) is -2.21. The zero-order valence-corrected chi connectivity index (χ0v) is 11.5. The Kier molecular flexibility index (Phi) is 4.09. The fraction of sp³-hybridized carbons (Fsp3) is 0. The number of hydrogen-bond donors (Lipinski definition) is 2. The van der Waals surface area contributed by atoms with Crippen LogP contribution in [0, 0.1) is 5.82 Å². The third-order valence-corrected chi connectivity index (χ3v) is 3.11. The van der Waals surface area contributed by atoms with Gasteiger partial charge in [-0.1, -0.05) is 0 Å². The highest BCUT2D eigenvalue weighted by Crippen LogP contribution is 2.24. The SMILES string of the molecule is O=C(O)c1ccc(Br)c(NC(=O)c2ccc(F)cn2)c1. The van der Waals surface area contributed by atoms with Crippen molar-refractivity contribution >= 4 is 33.5 Å². The van der Waals surface area contributed by atoms with E-state index in [0.717, 1.165) is 12.3 Å². The molecule has 0 fully saturated rings. The average Bonchev–Trinajstić information content (AvgIpc) is 2.41. The molecule has 1 amide bonds. The van der Waals surface area contributed by atoms with Crippen LogP contribution in [-0.4, -0.2) is 22.0 Å². The van der Waals surface area contributed by atoms with Crippen molar-refractivity contribution in [2.75, 3.05) is 5.32 Å². The lowest BCUT2D eigenvalue weighted by Gasteiger charge is -2.08. The second-order valence-corrected chi connectivity index (χ2v) is 4.67. The number of aromatic nitrogens is 1. The number of hydrogen-bond acceptors (Lipinski definition) is 3. The average molecular weight is 339 g/mol. The highest BCUT2D eigenvalue weighted by atomic mass is 79.9. The van der Waals surface area contributed by atoms with Gasteiger partial charge in [-0.2, -0.15) is 0 Å². The zero-order valence-electron chi connectivity index (χ0n) is 9.93. The van der Waals surface area contributed by atoms with Crippen molar-refractivity contribution in [3.05, 3.63) is 58.1 Å². The molecule has 2 aromatic rings. The van der Waals surface area contributed by atoms with Gasteiger partial charge in [-0.25, -0.2) is 14.2 Å². The Morgan fingerprint density at radius 3 is 2.60 bits per heavy atom. The number of anilines is 1. The van der Waals surface area contributed by atoms with E-state index in [4.69, 9.17) is 5.11 Å². The summed E-state index contributed by atoms with van der Waals surface area (Å²) in [6, 6.07) is 6.58. The molecule has 1 heterocycles. The van der Waals surface area contributed by atoms with Gasteiger partial charge in [0.05, 0.1) is 17.4 Å². The smallest absolute Gasteiger partial charge is 0.335 e. The molecule has 0 aliphatic rings. The van der Waals surface area contributed by atoms with Crippen LogP contribution in [0.2, 0.25) is 0 Å². The first-order valence-corrected chi connectivity index (χ1v) is 6.22. The molecule has 20 heavy (non-hydrogen) atoms. The standard InChI is InChI=1S/C13H8BrFN2O3/c14-9-3-1-7(13(19)20)5-11(9)17-12(18)10-4-2-8(15)6-16-10/h1-6H,(H,17,18)(H,19,20). The fourth-order valence-electron chi connectivity index (χ4n) is 1.45. The first-order valence-electron chi connectivity index (χ1n) is 5.43. The van der Waals surface area contributed by atoms with Crippen LogP contribution in [0.15, 0.2) is 41.0 Å². The van der Waals surface area contributed by atoms with Crippen LogP contribution in [-0.2, 0) is 0 Å². The number of pyridine rings is 1. The van der Waals surface area contributed by atoms with E-state index in [1.807, 2.05) is 0 Å². The largest absolute Gasteiger partial charge is 0.478 e. The number of nitrogens with one attached hydrogen (secondary N) is 1. The zero-order chi connectivity index (χ0) is 14.7. The molecule has 2 N–H and O–H groups in total. The molecule has 1 aromatic carbocycles. The molecule has 0 radical (unpaired) electrons. The van der Waals surface area contributed by atoms with E-state index >= 15 is 0 Å². The van der Waals surface area contributed by atoms with Crippen molar-refractivity contribution in [3.8, 4) is 0 Å². The molecular weight excluding hydrogens is 331 g/mol. The second-order valence-electron chi connectivity index (χ2n) is 3.82. The van der Waals surface area contributed by atoms with Crippen LogP contribution in [0.3, 0.4) is 0 Å². The number of carboxylic acids is 1. The Morgan fingerprint density at radius 1 is 1.25 bits per heavy atom. The van der Waals surface area contributed by atoms with Gasteiger partial charge in [-0.15, -0.1) is 0 Å². The molecule has 5 nitrogen and oxygen atoms in total. The van der Waals surface area contributed by atoms with E-state index in [1.54, 1.807) is 0 Å². The minimum Gasteiger partial charge on any atom is -0.478 e. The van der Waals surface area contributed by atoms with Gasteiger partial charge in [-0.05, 0) is 46.3 Å². The van der Waals surface area contributed by atoms with Crippen molar-refractivity contribution in [1.29, 1.82) is 0 Å². The molecule has 0 saturated carbocycles. The molecule has 0 spiro atoms. The summed E-state index contributed by atoms with van der Waals surface area (Å²) in [4.78, 5) is 26.4. The number of carbonyl (C=O) groups excluding carboxylic acids is 1. The Bertz CT molecular complexity index is 674. The summed E-state index contributed by atoms with van der Waals surface area (Å²) < 4.78 is 13.2. The molecule has 0 aliphatic heterocycles. The Morgan fingerprint density at radius 2 is 2.00 bits per heavy atom. The topological polar surface area (TPSA) is 79.3 Å². The number of carbonyl (C=O) groups is 2. The summed E-state index contributed by atoms with van der Waals surface area (Å²) in [5.41, 5.74) is 0.357. The lowest BCUT2D eigenvalue weighted by Crippen LogP contribution is -2.14. The van der Waals surface area contributed by atoms with Crippen LogP contribution in [0.5, 0.6) is 0 Å². The highest BCUT2D eigenvalue weighted by Gasteiger charge is 2.12. The quantitative estimate of drug-likeness (QED) is 0.901. The molecule has 2 rings (SSSR count). The van der Waals surface area contributed by atoms with E-state index in [9.17, 15) is 14.0 Å². The Balaban J connectivity index is 2.25. The molecule has 1 aromatic heterocycles. The van der Waals surface area contributed by atoms with E-state index in [0.29, 0.717) is 10.2 Å². The first-order chi connectivity index (χ1) is 9.47. The maximum absolute atomic E-state index is 12.7. The number of benzene rings is 1. The molecule has 0 aliphatic carbocycles. The number of halogens is 2. The maximum Gasteiger partial charge on any atom is 0.335 e. The lowest BCUT2D eigenvalue weighted by atomic mass is 10.2. The van der Waals surface area contributed by atoms with Crippen molar-refractivity contribution in [3.63, 3.8) is 0 Å². The van der Waals surface area contributed by atoms with Gasteiger partial charge >= 0.3 is 5.97 Å². The second kappa shape index (κ2) is 5.79. The summed E-state index contributed by atoms with van der Waals surface area (Å²) in [6.07, 6.45) is 0.928. The van der Waals surface area contributed by atoms with Gasteiger partial charge < -0.3 is 10.4 Å². The molecule has 0 atom stereocenters. The summed E-state index contributed by atoms with van der Waals surface area (Å²) >= 11 is 3.20. The lowest BCUT2D eigenvalue weighted by molar-refractivity contribution is 0.0696. The number of carboxylic acid groups (broad SMARTS) is 1. The van der Waals surface area contributed by atoms with Crippen LogP contribution in [0.25, 0.3) is 0 Å². The third-order valence-electron chi connectivity index (χ3n) is 2.42. The van der Waals surface area contributed by atoms with E-state index < -0.39 is 17.7 Å². The van der Waals surface area contributed by atoms with Crippen molar-refractivity contribution < 1.29 is 19.1 Å². The van der Waals surface area contributed by atoms with Crippen LogP contribution < -0.4 is 5.32 Å². The van der Waals surface area contributed by atoms with E-state index in [2.05, 4.69) is 26.2 Å². The van der Waals surface area contributed by atoms with Gasteiger partial charge in [0.1, 0.15) is 11.5 Å². The number of amides is 1. The van der Waals surface area contributed by atoms with Crippen molar-refractivity contribution in [1.82, 2.24) is 4.98 Å². The molecule has 0 saturated heterocycles. The predicted molar refractivity (Wildman–Crippen MR) is 73.2 cm³/mol. The molecule has 0 bridgehead atoms. The highest BCUT2D eigenvalue weighted by molar-refractivity contribution is 9.10. The fourth-order valence-corrected chi connectivity index (χ4v) is 1.80. The molecular formula is C13H8BrFN2O3. The number of rotatable bonds is 3. The minimum atomic E-state index is -1.10. The van der Waals surface area contributed by atoms with Crippen molar-refractivity contribution in [2.45, 2.75) is 0 Å². The van der Waals surface area contributed by atoms with Crippen molar-refractivity contribution in [2.24, 2.45) is 0 Å². The molecule has 102 valence electrons. The molecule has 0 unspecified atom stereocenters. The Labute approximate surface area is 121 Å². The van der Waals surface area contributed by atoms with Gasteiger partial charge in [0.15, 0.2) is 0 Å². The van der Waals surface area contributed by atoms with Gasteiger partial charge in [0, 0.05) is 4.47 Å². The monoisotopic (exact) mass is 338 g/mol. The van der Waals surface area contributed by atoms with E-state index in [1.165, 1.54) is 24.3 Å². The third kappa shape index (κ3) is 3.18. The first kappa shape index (κ1) is 14.1. The maximum atomic E-state index is 12.7. The number of nitrogens with zero attached hydrogens (tertiary/aromatic N) is 1. The number of aromatic carboxylic acids is 1. The minimum absolute atomic E-state index is 0.0269. The van der Waals surface area contributed by atoms with E-state index in [-0.39, 0.29) is 11.3 Å². The van der Waals surface area contributed by atoms with Gasteiger partial charge in [0.2, 0.25) is 0 Å². The normalized spacial score (nSPS) is 10.1.